The van der Waals surface area contributed by atoms with Gasteiger partial charge in [-0.1, -0.05) is 0 Å². The van der Waals surface area contributed by atoms with Crippen molar-refractivity contribution in [2.24, 2.45) is 0 Å². The number of likely N-dealkylation sites (N-methyl/N-ethyl adjacent to an activating group) is 1. The first kappa shape index (κ1) is 14.2. The Morgan fingerprint density at radius 2 is 2.11 bits per heavy atom. The van der Waals surface area contributed by atoms with Crippen molar-refractivity contribution >= 4 is 5.91 Å². The molecule has 5 nitrogen and oxygen atoms in total. The molecule has 8 heteroatoms. The van der Waals surface area contributed by atoms with Gasteiger partial charge in [-0.25, -0.2) is 5.10 Å². The molecule has 1 N–H and O–H groups in total. The van der Waals surface area contributed by atoms with E-state index < -0.39 is 17.3 Å². The van der Waals surface area contributed by atoms with Crippen LogP contribution in [0.25, 0.3) is 0 Å². The van der Waals surface area contributed by atoms with Gasteiger partial charge in [0.05, 0.1) is 12.1 Å². The van der Waals surface area contributed by atoms with E-state index >= 15 is 0 Å². The SMILES string of the molecule is CCN(C)C(=O)Cc1cc(C(F)(F)F)c(=O)[nH]n1. The van der Waals surface area contributed by atoms with Gasteiger partial charge in [-0.05, 0) is 13.0 Å². The van der Waals surface area contributed by atoms with Crippen LogP contribution >= 0.6 is 0 Å². The lowest BCUT2D eigenvalue weighted by atomic mass is 10.2. The molecule has 0 aliphatic carbocycles. The lowest BCUT2D eigenvalue weighted by Gasteiger charge is -2.14. The van der Waals surface area contributed by atoms with E-state index in [0.29, 0.717) is 12.6 Å². The molecule has 1 amide bonds. The highest BCUT2D eigenvalue weighted by molar-refractivity contribution is 5.77. The number of rotatable bonds is 3. The van der Waals surface area contributed by atoms with Gasteiger partial charge >= 0.3 is 6.18 Å². The van der Waals surface area contributed by atoms with E-state index in [1.54, 1.807) is 12.0 Å². The zero-order chi connectivity index (χ0) is 13.9. The molecule has 1 aromatic heterocycles. The van der Waals surface area contributed by atoms with Crippen LogP contribution < -0.4 is 5.56 Å². The molecule has 0 aliphatic rings. The number of carbonyl (C=O) groups excluding carboxylic acids is 1. The Kier molecular flexibility index (Phi) is 4.10. The quantitative estimate of drug-likeness (QED) is 0.877. The molecule has 0 bridgehead atoms. The predicted octanol–water partition coefficient (Wildman–Crippen LogP) is 0.809. The molecule has 1 rings (SSSR count). The van der Waals surface area contributed by atoms with E-state index in [1.807, 2.05) is 0 Å². The van der Waals surface area contributed by atoms with Crippen molar-refractivity contribution in [1.82, 2.24) is 15.1 Å². The van der Waals surface area contributed by atoms with Crippen LogP contribution in [0.4, 0.5) is 13.2 Å². The highest BCUT2D eigenvalue weighted by Crippen LogP contribution is 2.26. The summed E-state index contributed by atoms with van der Waals surface area (Å²) in [6.45, 7) is 2.17. The first-order valence-corrected chi connectivity index (χ1v) is 5.15. The van der Waals surface area contributed by atoms with Crippen LogP contribution in [0.2, 0.25) is 0 Å². The molecule has 0 atom stereocenters. The first-order valence-electron chi connectivity index (χ1n) is 5.15. The summed E-state index contributed by atoms with van der Waals surface area (Å²) in [6, 6.07) is 0.597. The Morgan fingerprint density at radius 3 is 2.61 bits per heavy atom. The number of hydrogen-bond acceptors (Lipinski definition) is 3. The number of amides is 1. The third-order valence-electron chi connectivity index (χ3n) is 2.39. The molecule has 1 aromatic rings. The molecule has 100 valence electrons. The topological polar surface area (TPSA) is 66.1 Å². The lowest BCUT2D eigenvalue weighted by Crippen LogP contribution is -2.29. The van der Waals surface area contributed by atoms with E-state index in [4.69, 9.17) is 0 Å². The standard InChI is InChI=1S/C10H12F3N3O2/c1-3-16(2)8(17)5-6-4-7(10(11,12)13)9(18)15-14-6/h4H,3,5H2,1-2H3,(H,15,18). The van der Waals surface area contributed by atoms with Crippen molar-refractivity contribution in [2.75, 3.05) is 13.6 Å². The van der Waals surface area contributed by atoms with Crippen molar-refractivity contribution in [2.45, 2.75) is 19.5 Å². The Labute approximate surface area is 101 Å². The maximum Gasteiger partial charge on any atom is 0.421 e. The van der Waals surface area contributed by atoms with E-state index in [2.05, 4.69) is 5.10 Å². The number of H-pyrrole nitrogens is 1. The Hall–Kier alpha value is -1.86. The average molecular weight is 263 g/mol. The van der Waals surface area contributed by atoms with Crippen LogP contribution in [-0.4, -0.2) is 34.6 Å². The number of aromatic amines is 1. The smallest absolute Gasteiger partial charge is 0.346 e. The summed E-state index contributed by atoms with van der Waals surface area (Å²) in [5.41, 5.74) is -2.78. The summed E-state index contributed by atoms with van der Waals surface area (Å²) < 4.78 is 37.3. The second kappa shape index (κ2) is 5.19. The average Bonchev–Trinajstić information content (AvgIpc) is 2.29. The molecule has 0 saturated carbocycles. The molecule has 0 aromatic carbocycles. The minimum atomic E-state index is -4.76. The van der Waals surface area contributed by atoms with Gasteiger partial charge in [-0.15, -0.1) is 0 Å². The van der Waals surface area contributed by atoms with E-state index in [9.17, 15) is 22.8 Å². The minimum Gasteiger partial charge on any atom is -0.346 e. The summed E-state index contributed by atoms with van der Waals surface area (Å²) in [7, 11) is 1.53. The summed E-state index contributed by atoms with van der Waals surface area (Å²) in [5, 5.41) is 5.17. The van der Waals surface area contributed by atoms with Gasteiger partial charge in [0.2, 0.25) is 5.91 Å². The summed E-state index contributed by atoms with van der Waals surface area (Å²) in [6.07, 6.45) is -5.05. The van der Waals surface area contributed by atoms with Crippen LogP contribution in [0.5, 0.6) is 0 Å². The highest BCUT2D eigenvalue weighted by atomic mass is 19.4. The Bertz CT molecular complexity index is 496. The number of nitrogens with one attached hydrogen (secondary N) is 1. The van der Waals surface area contributed by atoms with E-state index in [1.165, 1.54) is 11.9 Å². The Morgan fingerprint density at radius 1 is 1.50 bits per heavy atom. The first-order chi connectivity index (χ1) is 8.25. The predicted molar refractivity (Wildman–Crippen MR) is 56.9 cm³/mol. The van der Waals surface area contributed by atoms with Crippen LogP contribution in [0.1, 0.15) is 18.2 Å². The van der Waals surface area contributed by atoms with Crippen molar-refractivity contribution in [1.29, 1.82) is 0 Å². The molecule has 0 spiro atoms. The number of carbonyl (C=O) groups is 1. The van der Waals surface area contributed by atoms with Crippen LogP contribution in [0.3, 0.4) is 0 Å². The zero-order valence-electron chi connectivity index (χ0n) is 9.84. The minimum absolute atomic E-state index is 0.118. The van der Waals surface area contributed by atoms with Gasteiger partial charge in [0, 0.05) is 13.6 Å². The molecular formula is C10H12F3N3O2. The van der Waals surface area contributed by atoms with Crippen LogP contribution in [0.15, 0.2) is 10.9 Å². The summed E-state index contributed by atoms with van der Waals surface area (Å²) in [4.78, 5) is 23.8. The molecule has 0 saturated heterocycles. The van der Waals surface area contributed by atoms with Gasteiger partial charge in [0.25, 0.3) is 5.56 Å². The number of nitrogens with zero attached hydrogens (tertiary/aromatic N) is 2. The van der Waals surface area contributed by atoms with Crippen molar-refractivity contribution in [3.63, 3.8) is 0 Å². The fourth-order valence-electron chi connectivity index (χ4n) is 1.21. The maximum absolute atomic E-state index is 12.4. The number of aromatic nitrogens is 2. The second-order valence-corrected chi connectivity index (χ2v) is 3.68. The molecule has 0 aliphatic heterocycles. The molecular weight excluding hydrogens is 251 g/mol. The number of hydrogen-bond donors (Lipinski definition) is 1. The molecule has 1 heterocycles. The lowest BCUT2D eigenvalue weighted by molar-refractivity contribution is -0.139. The van der Waals surface area contributed by atoms with Gasteiger partial charge in [0.1, 0.15) is 5.56 Å². The molecule has 0 fully saturated rings. The number of halogens is 3. The van der Waals surface area contributed by atoms with Crippen molar-refractivity contribution in [3.05, 3.63) is 27.7 Å². The van der Waals surface area contributed by atoms with Gasteiger partial charge in [-0.2, -0.15) is 18.3 Å². The molecule has 0 unspecified atom stereocenters. The maximum atomic E-state index is 12.4. The van der Waals surface area contributed by atoms with Gasteiger partial charge < -0.3 is 4.90 Å². The molecule has 18 heavy (non-hydrogen) atoms. The Balaban J connectivity index is 3.00. The molecule has 0 radical (unpaired) electrons. The van der Waals surface area contributed by atoms with Crippen LogP contribution in [0, 0.1) is 0 Å². The number of alkyl halides is 3. The largest absolute Gasteiger partial charge is 0.421 e. The highest BCUT2D eigenvalue weighted by Gasteiger charge is 2.34. The van der Waals surface area contributed by atoms with E-state index in [0.717, 1.165) is 0 Å². The van der Waals surface area contributed by atoms with Gasteiger partial charge in [-0.3, -0.25) is 9.59 Å². The summed E-state index contributed by atoms with van der Waals surface area (Å²) >= 11 is 0. The van der Waals surface area contributed by atoms with Gasteiger partial charge in [0.15, 0.2) is 0 Å². The zero-order valence-corrected chi connectivity index (χ0v) is 9.84. The third-order valence-corrected chi connectivity index (χ3v) is 2.39. The van der Waals surface area contributed by atoms with Crippen LogP contribution in [-0.2, 0) is 17.4 Å². The summed E-state index contributed by atoms with van der Waals surface area (Å²) in [5.74, 6) is -0.370. The van der Waals surface area contributed by atoms with Crippen molar-refractivity contribution < 1.29 is 18.0 Å². The monoisotopic (exact) mass is 263 g/mol. The van der Waals surface area contributed by atoms with Crippen molar-refractivity contribution in [3.8, 4) is 0 Å². The normalized spacial score (nSPS) is 11.4. The fourth-order valence-corrected chi connectivity index (χ4v) is 1.21. The van der Waals surface area contributed by atoms with E-state index in [-0.39, 0.29) is 18.0 Å². The second-order valence-electron chi connectivity index (χ2n) is 3.68. The third kappa shape index (κ3) is 3.31. The fraction of sp³-hybridized carbons (Fsp3) is 0.500.